The van der Waals surface area contributed by atoms with Crippen molar-refractivity contribution in [1.82, 2.24) is 4.90 Å². The molecule has 1 amide bonds. The van der Waals surface area contributed by atoms with Crippen molar-refractivity contribution >= 4 is 11.6 Å². The fraction of sp³-hybridized carbons (Fsp3) is 0.533. The molecule has 0 aromatic heterocycles. The summed E-state index contributed by atoms with van der Waals surface area (Å²) in [4.78, 5) is 13.8. The SMILES string of the molecule is CN(C(=O)CNc1ccc2c(c1)OCCCO2)C1CC1. The van der Waals surface area contributed by atoms with Crippen LogP contribution >= 0.6 is 0 Å². The van der Waals surface area contributed by atoms with Crippen molar-refractivity contribution in [3.8, 4) is 11.5 Å². The Labute approximate surface area is 118 Å². The quantitative estimate of drug-likeness (QED) is 0.912. The standard InChI is InChI=1S/C15H20N2O3/c1-17(12-4-5-12)15(18)10-16-11-3-6-13-14(9-11)20-8-2-7-19-13/h3,6,9,12,16H,2,4-5,7-8,10H2,1H3. The summed E-state index contributed by atoms with van der Waals surface area (Å²) in [6.45, 7) is 1.66. The minimum atomic E-state index is 0.125. The molecule has 0 saturated heterocycles. The van der Waals surface area contributed by atoms with Crippen molar-refractivity contribution in [3.63, 3.8) is 0 Å². The van der Waals surface area contributed by atoms with Gasteiger partial charge in [-0.05, 0) is 25.0 Å². The Balaban J connectivity index is 1.60. The lowest BCUT2D eigenvalue weighted by molar-refractivity contribution is -0.128. The largest absolute Gasteiger partial charge is 0.490 e. The number of hydrogen-bond acceptors (Lipinski definition) is 4. The van der Waals surface area contributed by atoms with Crippen LogP contribution in [0.25, 0.3) is 0 Å². The molecule has 3 rings (SSSR count). The Bertz CT molecular complexity index is 500. The maximum Gasteiger partial charge on any atom is 0.241 e. The van der Waals surface area contributed by atoms with E-state index >= 15 is 0 Å². The van der Waals surface area contributed by atoms with Crippen LogP contribution in [0.15, 0.2) is 18.2 Å². The van der Waals surface area contributed by atoms with Gasteiger partial charge in [-0.15, -0.1) is 0 Å². The molecule has 1 aromatic carbocycles. The van der Waals surface area contributed by atoms with E-state index in [-0.39, 0.29) is 5.91 Å². The molecule has 1 N–H and O–H groups in total. The lowest BCUT2D eigenvalue weighted by Gasteiger charge is -2.17. The molecule has 20 heavy (non-hydrogen) atoms. The molecule has 2 aliphatic rings. The topological polar surface area (TPSA) is 50.8 Å². The van der Waals surface area contributed by atoms with E-state index in [1.165, 1.54) is 0 Å². The highest BCUT2D eigenvalue weighted by molar-refractivity contribution is 5.81. The van der Waals surface area contributed by atoms with Crippen LogP contribution in [0.3, 0.4) is 0 Å². The lowest BCUT2D eigenvalue weighted by atomic mass is 10.2. The third-order valence-electron chi connectivity index (χ3n) is 3.68. The number of ether oxygens (including phenoxy) is 2. The van der Waals surface area contributed by atoms with E-state index in [0.717, 1.165) is 36.4 Å². The zero-order valence-corrected chi connectivity index (χ0v) is 11.7. The second-order valence-corrected chi connectivity index (χ2v) is 5.30. The second kappa shape index (κ2) is 5.61. The molecule has 1 aliphatic carbocycles. The summed E-state index contributed by atoms with van der Waals surface area (Å²) in [5.74, 6) is 1.64. The van der Waals surface area contributed by atoms with Crippen molar-refractivity contribution in [2.75, 3.05) is 32.1 Å². The van der Waals surface area contributed by atoms with Gasteiger partial charge >= 0.3 is 0 Å². The number of carbonyl (C=O) groups is 1. The van der Waals surface area contributed by atoms with E-state index in [0.29, 0.717) is 25.8 Å². The van der Waals surface area contributed by atoms with Gasteiger partial charge in [0.2, 0.25) is 5.91 Å². The summed E-state index contributed by atoms with van der Waals surface area (Å²) in [5, 5.41) is 3.15. The molecule has 1 saturated carbocycles. The highest BCUT2D eigenvalue weighted by Gasteiger charge is 2.29. The number of nitrogens with zero attached hydrogens (tertiary/aromatic N) is 1. The number of carbonyl (C=O) groups excluding carboxylic acids is 1. The Morgan fingerprint density at radius 2 is 2.05 bits per heavy atom. The highest BCUT2D eigenvalue weighted by atomic mass is 16.5. The van der Waals surface area contributed by atoms with Gasteiger partial charge in [0, 0.05) is 31.3 Å². The first kappa shape index (κ1) is 13.1. The Hall–Kier alpha value is -1.91. The number of nitrogens with one attached hydrogen (secondary N) is 1. The molecule has 0 bridgehead atoms. The van der Waals surface area contributed by atoms with Crippen LogP contribution in [0, 0.1) is 0 Å². The molecule has 1 fully saturated rings. The lowest BCUT2D eigenvalue weighted by Crippen LogP contribution is -2.33. The van der Waals surface area contributed by atoms with Crippen LogP contribution in [0.2, 0.25) is 0 Å². The monoisotopic (exact) mass is 276 g/mol. The summed E-state index contributed by atoms with van der Waals surface area (Å²) < 4.78 is 11.2. The molecular formula is C15H20N2O3. The number of hydrogen-bond donors (Lipinski definition) is 1. The summed E-state index contributed by atoms with van der Waals surface area (Å²) in [6, 6.07) is 6.15. The molecule has 1 aliphatic heterocycles. The fourth-order valence-electron chi connectivity index (χ4n) is 2.24. The first-order valence-corrected chi connectivity index (χ1v) is 7.13. The summed E-state index contributed by atoms with van der Waals surface area (Å²) in [5.41, 5.74) is 0.881. The van der Waals surface area contributed by atoms with Gasteiger partial charge < -0.3 is 19.7 Å². The van der Waals surface area contributed by atoms with Crippen LogP contribution in [-0.2, 0) is 4.79 Å². The Morgan fingerprint density at radius 1 is 1.30 bits per heavy atom. The Kier molecular flexibility index (Phi) is 3.67. The maximum absolute atomic E-state index is 11.9. The molecule has 0 atom stereocenters. The second-order valence-electron chi connectivity index (χ2n) is 5.30. The number of benzene rings is 1. The molecule has 1 aromatic rings. The number of rotatable bonds is 4. The van der Waals surface area contributed by atoms with Crippen molar-refractivity contribution in [2.45, 2.75) is 25.3 Å². The summed E-state index contributed by atoms with van der Waals surface area (Å²) in [6.07, 6.45) is 3.15. The molecule has 0 spiro atoms. The van der Waals surface area contributed by atoms with Crippen LogP contribution in [0.4, 0.5) is 5.69 Å². The molecule has 5 nitrogen and oxygen atoms in total. The number of likely N-dealkylation sites (N-methyl/N-ethyl adjacent to an activating group) is 1. The molecule has 0 unspecified atom stereocenters. The third-order valence-corrected chi connectivity index (χ3v) is 3.68. The number of anilines is 1. The molecule has 0 radical (unpaired) electrons. The fourth-order valence-corrected chi connectivity index (χ4v) is 2.24. The first-order chi connectivity index (χ1) is 9.74. The zero-order valence-electron chi connectivity index (χ0n) is 11.7. The van der Waals surface area contributed by atoms with Gasteiger partial charge in [-0.1, -0.05) is 0 Å². The van der Waals surface area contributed by atoms with Gasteiger partial charge in [-0.2, -0.15) is 0 Å². The van der Waals surface area contributed by atoms with Crippen molar-refractivity contribution in [1.29, 1.82) is 0 Å². The van der Waals surface area contributed by atoms with Gasteiger partial charge in [-0.25, -0.2) is 0 Å². The molecular weight excluding hydrogens is 256 g/mol. The first-order valence-electron chi connectivity index (χ1n) is 7.13. The van der Waals surface area contributed by atoms with E-state index in [1.807, 2.05) is 30.1 Å². The number of amides is 1. The van der Waals surface area contributed by atoms with E-state index in [9.17, 15) is 4.79 Å². The molecule has 108 valence electrons. The summed E-state index contributed by atoms with van der Waals surface area (Å²) in [7, 11) is 1.87. The van der Waals surface area contributed by atoms with Crippen LogP contribution in [0.5, 0.6) is 11.5 Å². The van der Waals surface area contributed by atoms with Crippen molar-refractivity contribution in [2.24, 2.45) is 0 Å². The van der Waals surface area contributed by atoms with Crippen LogP contribution in [0.1, 0.15) is 19.3 Å². The Morgan fingerprint density at radius 3 is 2.80 bits per heavy atom. The van der Waals surface area contributed by atoms with E-state index < -0.39 is 0 Å². The predicted molar refractivity (Wildman–Crippen MR) is 76.3 cm³/mol. The minimum absolute atomic E-state index is 0.125. The van der Waals surface area contributed by atoms with E-state index in [4.69, 9.17) is 9.47 Å². The van der Waals surface area contributed by atoms with Crippen LogP contribution in [-0.4, -0.2) is 43.7 Å². The third kappa shape index (κ3) is 2.98. The highest BCUT2D eigenvalue weighted by Crippen LogP contribution is 2.32. The summed E-state index contributed by atoms with van der Waals surface area (Å²) >= 11 is 0. The van der Waals surface area contributed by atoms with Gasteiger partial charge in [-0.3, -0.25) is 4.79 Å². The normalized spacial score (nSPS) is 17.2. The van der Waals surface area contributed by atoms with Gasteiger partial charge in [0.15, 0.2) is 11.5 Å². The van der Waals surface area contributed by atoms with Gasteiger partial charge in [0.25, 0.3) is 0 Å². The molecule has 5 heteroatoms. The van der Waals surface area contributed by atoms with E-state index in [2.05, 4.69) is 5.32 Å². The zero-order chi connectivity index (χ0) is 13.9. The van der Waals surface area contributed by atoms with Gasteiger partial charge in [0.05, 0.1) is 19.8 Å². The average Bonchev–Trinajstić information content (AvgIpc) is 3.29. The molecule has 1 heterocycles. The van der Waals surface area contributed by atoms with Crippen molar-refractivity contribution in [3.05, 3.63) is 18.2 Å². The van der Waals surface area contributed by atoms with E-state index in [1.54, 1.807) is 0 Å². The van der Waals surface area contributed by atoms with Crippen LogP contribution < -0.4 is 14.8 Å². The van der Waals surface area contributed by atoms with Gasteiger partial charge in [0.1, 0.15) is 0 Å². The minimum Gasteiger partial charge on any atom is -0.490 e. The van der Waals surface area contributed by atoms with Crippen molar-refractivity contribution < 1.29 is 14.3 Å². The smallest absolute Gasteiger partial charge is 0.241 e. The number of fused-ring (bicyclic) bond motifs is 1. The average molecular weight is 276 g/mol. The maximum atomic E-state index is 11.9. The predicted octanol–water partition coefficient (Wildman–Crippen LogP) is 1.88.